The van der Waals surface area contributed by atoms with E-state index < -0.39 is 0 Å². The molecule has 0 aliphatic heterocycles. The van der Waals surface area contributed by atoms with Gasteiger partial charge in [-0.05, 0) is 18.7 Å². The Labute approximate surface area is 109 Å². The standard InChI is InChI=1S/C11H12Cl2N4/c12-10-2-1-3-11(13)9(10)7-17-8(4-5-14)6-15-16-17/h1-3,6H,4-5,7,14H2. The summed E-state index contributed by atoms with van der Waals surface area (Å²) < 4.78 is 1.76. The number of halogens is 2. The Morgan fingerprint density at radius 2 is 1.94 bits per heavy atom. The van der Waals surface area contributed by atoms with Gasteiger partial charge in [0.05, 0.1) is 18.4 Å². The van der Waals surface area contributed by atoms with Crippen LogP contribution in [0.1, 0.15) is 11.3 Å². The van der Waals surface area contributed by atoms with E-state index in [1.54, 1.807) is 10.9 Å². The van der Waals surface area contributed by atoms with Crippen molar-refractivity contribution < 1.29 is 0 Å². The summed E-state index contributed by atoms with van der Waals surface area (Å²) in [5.74, 6) is 0. The van der Waals surface area contributed by atoms with Crippen LogP contribution in [0.2, 0.25) is 10.0 Å². The van der Waals surface area contributed by atoms with Crippen LogP contribution in [0.25, 0.3) is 0 Å². The number of aromatic nitrogens is 3. The Bertz CT molecular complexity index is 490. The molecule has 0 saturated heterocycles. The molecule has 0 aliphatic carbocycles. The predicted molar refractivity (Wildman–Crippen MR) is 68.3 cm³/mol. The average molecular weight is 271 g/mol. The highest BCUT2D eigenvalue weighted by atomic mass is 35.5. The van der Waals surface area contributed by atoms with Gasteiger partial charge in [-0.3, -0.25) is 0 Å². The SMILES string of the molecule is NCCc1cnnn1Cc1c(Cl)cccc1Cl. The Hall–Kier alpha value is -1.10. The molecule has 0 amide bonds. The largest absolute Gasteiger partial charge is 0.330 e. The lowest BCUT2D eigenvalue weighted by Gasteiger charge is -2.08. The quantitative estimate of drug-likeness (QED) is 0.926. The molecule has 0 bridgehead atoms. The molecule has 6 heteroatoms. The van der Waals surface area contributed by atoms with Gasteiger partial charge in [0, 0.05) is 22.0 Å². The zero-order valence-electron chi connectivity index (χ0n) is 9.11. The summed E-state index contributed by atoms with van der Waals surface area (Å²) in [6, 6.07) is 5.43. The average Bonchev–Trinajstić information content (AvgIpc) is 2.72. The van der Waals surface area contributed by atoms with Crippen molar-refractivity contribution in [1.82, 2.24) is 15.0 Å². The van der Waals surface area contributed by atoms with Crippen LogP contribution in [0.4, 0.5) is 0 Å². The minimum Gasteiger partial charge on any atom is -0.330 e. The van der Waals surface area contributed by atoms with Gasteiger partial charge in [0.25, 0.3) is 0 Å². The zero-order chi connectivity index (χ0) is 12.3. The molecule has 1 aromatic heterocycles. The maximum Gasteiger partial charge on any atom is 0.0725 e. The molecule has 90 valence electrons. The number of benzene rings is 1. The summed E-state index contributed by atoms with van der Waals surface area (Å²) in [7, 11) is 0. The van der Waals surface area contributed by atoms with Crippen LogP contribution in [-0.2, 0) is 13.0 Å². The van der Waals surface area contributed by atoms with E-state index in [1.807, 2.05) is 18.2 Å². The number of hydrogen-bond donors (Lipinski definition) is 1. The Morgan fingerprint density at radius 1 is 1.24 bits per heavy atom. The third kappa shape index (κ3) is 2.77. The molecule has 0 unspecified atom stereocenters. The van der Waals surface area contributed by atoms with Crippen LogP contribution in [0.3, 0.4) is 0 Å². The Morgan fingerprint density at radius 3 is 2.59 bits per heavy atom. The first-order chi connectivity index (χ1) is 8.22. The van der Waals surface area contributed by atoms with Gasteiger partial charge in [-0.2, -0.15) is 0 Å². The van der Waals surface area contributed by atoms with Crippen LogP contribution in [0.15, 0.2) is 24.4 Å². The van der Waals surface area contributed by atoms with Crippen LogP contribution in [-0.4, -0.2) is 21.5 Å². The van der Waals surface area contributed by atoms with Crippen molar-refractivity contribution >= 4 is 23.2 Å². The van der Waals surface area contributed by atoms with Gasteiger partial charge in [-0.15, -0.1) is 5.10 Å². The number of hydrogen-bond acceptors (Lipinski definition) is 3. The fourth-order valence-corrected chi connectivity index (χ4v) is 2.10. The van der Waals surface area contributed by atoms with Crippen molar-refractivity contribution in [3.05, 3.63) is 45.7 Å². The van der Waals surface area contributed by atoms with E-state index >= 15 is 0 Å². The minimum atomic E-state index is 0.508. The second kappa shape index (κ2) is 5.49. The molecule has 17 heavy (non-hydrogen) atoms. The normalized spacial score (nSPS) is 10.8. The van der Waals surface area contributed by atoms with Crippen molar-refractivity contribution in [3.63, 3.8) is 0 Å². The van der Waals surface area contributed by atoms with Gasteiger partial charge in [0.15, 0.2) is 0 Å². The summed E-state index contributed by atoms with van der Waals surface area (Å²) in [4.78, 5) is 0. The van der Waals surface area contributed by atoms with Crippen LogP contribution >= 0.6 is 23.2 Å². The van der Waals surface area contributed by atoms with Gasteiger partial charge >= 0.3 is 0 Å². The molecule has 0 spiro atoms. The Balaban J connectivity index is 2.28. The highest BCUT2D eigenvalue weighted by Gasteiger charge is 2.09. The topological polar surface area (TPSA) is 56.7 Å². The number of nitrogens with zero attached hydrogens (tertiary/aromatic N) is 3. The van der Waals surface area contributed by atoms with Crippen LogP contribution in [0, 0.1) is 0 Å². The molecule has 1 heterocycles. The molecular formula is C11H12Cl2N4. The molecule has 2 rings (SSSR count). The molecule has 4 nitrogen and oxygen atoms in total. The van der Waals surface area contributed by atoms with Crippen molar-refractivity contribution in [3.8, 4) is 0 Å². The first kappa shape index (κ1) is 12.4. The van der Waals surface area contributed by atoms with Gasteiger partial charge in [-0.25, -0.2) is 4.68 Å². The van der Waals surface area contributed by atoms with E-state index in [0.717, 1.165) is 17.7 Å². The highest BCUT2D eigenvalue weighted by Crippen LogP contribution is 2.25. The molecule has 0 atom stereocenters. The maximum atomic E-state index is 6.11. The van der Waals surface area contributed by atoms with Crippen LogP contribution < -0.4 is 5.73 Å². The van der Waals surface area contributed by atoms with Crippen molar-refractivity contribution in [1.29, 1.82) is 0 Å². The third-order valence-electron chi connectivity index (χ3n) is 2.47. The van der Waals surface area contributed by atoms with Crippen molar-refractivity contribution in [2.45, 2.75) is 13.0 Å². The van der Waals surface area contributed by atoms with Gasteiger partial charge in [-0.1, -0.05) is 34.5 Å². The van der Waals surface area contributed by atoms with E-state index in [0.29, 0.717) is 23.1 Å². The summed E-state index contributed by atoms with van der Waals surface area (Å²) >= 11 is 12.2. The molecule has 0 saturated carbocycles. The number of rotatable bonds is 4. The van der Waals surface area contributed by atoms with E-state index in [-0.39, 0.29) is 0 Å². The summed E-state index contributed by atoms with van der Waals surface area (Å²) in [6.07, 6.45) is 2.44. The molecule has 0 aliphatic rings. The smallest absolute Gasteiger partial charge is 0.0725 e. The summed E-state index contributed by atoms with van der Waals surface area (Å²) in [6.45, 7) is 1.07. The minimum absolute atomic E-state index is 0.508. The number of nitrogens with two attached hydrogens (primary N) is 1. The molecule has 2 N–H and O–H groups in total. The Kier molecular flexibility index (Phi) is 3.99. The lowest BCUT2D eigenvalue weighted by atomic mass is 10.2. The van der Waals surface area contributed by atoms with E-state index in [4.69, 9.17) is 28.9 Å². The summed E-state index contributed by atoms with van der Waals surface area (Å²) in [5.41, 5.74) is 7.34. The lowest BCUT2D eigenvalue weighted by Crippen LogP contribution is -2.11. The van der Waals surface area contributed by atoms with E-state index in [2.05, 4.69) is 10.3 Å². The first-order valence-corrected chi connectivity index (χ1v) is 5.98. The fourth-order valence-electron chi connectivity index (χ4n) is 1.59. The lowest BCUT2D eigenvalue weighted by molar-refractivity contribution is 0.617. The highest BCUT2D eigenvalue weighted by molar-refractivity contribution is 6.35. The molecule has 1 aromatic carbocycles. The fraction of sp³-hybridized carbons (Fsp3) is 0.273. The monoisotopic (exact) mass is 270 g/mol. The third-order valence-corrected chi connectivity index (χ3v) is 3.18. The maximum absolute atomic E-state index is 6.11. The van der Waals surface area contributed by atoms with E-state index in [9.17, 15) is 0 Å². The molecule has 0 fully saturated rings. The van der Waals surface area contributed by atoms with Crippen LogP contribution in [0.5, 0.6) is 0 Å². The van der Waals surface area contributed by atoms with Crippen molar-refractivity contribution in [2.75, 3.05) is 6.54 Å². The molecule has 0 radical (unpaired) electrons. The van der Waals surface area contributed by atoms with Gasteiger partial charge in [0.1, 0.15) is 0 Å². The molecule has 2 aromatic rings. The predicted octanol–water partition coefficient (Wildman–Crippen LogP) is 2.13. The first-order valence-electron chi connectivity index (χ1n) is 5.22. The zero-order valence-corrected chi connectivity index (χ0v) is 10.6. The van der Waals surface area contributed by atoms with E-state index in [1.165, 1.54) is 0 Å². The molecular weight excluding hydrogens is 259 g/mol. The van der Waals surface area contributed by atoms with Gasteiger partial charge < -0.3 is 5.73 Å². The van der Waals surface area contributed by atoms with Crippen molar-refractivity contribution in [2.24, 2.45) is 5.73 Å². The second-order valence-electron chi connectivity index (χ2n) is 3.62. The second-order valence-corrected chi connectivity index (χ2v) is 4.44. The van der Waals surface area contributed by atoms with Gasteiger partial charge in [0.2, 0.25) is 0 Å². The summed E-state index contributed by atoms with van der Waals surface area (Å²) in [5, 5.41) is 9.14.